The molecule has 1 aliphatic heterocycles. The third-order valence-electron chi connectivity index (χ3n) is 3.80. The van der Waals surface area contributed by atoms with Gasteiger partial charge >= 0.3 is 0 Å². The van der Waals surface area contributed by atoms with Crippen LogP contribution in [0.15, 0.2) is 28.7 Å². The van der Waals surface area contributed by atoms with E-state index in [1.807, 2.05) is 17.0 Å². The summed E-state index contributed by atoms with van der Waals surface area (Å²) in [6.07, 6.45) is 2.49. The van der Waals surface area contributed by atoms with E-state index in [0.29, 0.717) is 28.8 Å². The van der Waals surface area contributed by atoms with Crippen molar-refractivity contribution in [1.29, 1.82) is 0 Å². The molecule has 0 radical (unpaired) electrons. The summed E-state index contributed by atoms with van der Waals surface area (Å²) >= 11 is 4.62. The molecular weight excluding hydrogens is 406 g/mol. The molecule has 9 heteroatoms. The zero-order valence-corrected chi connectivity index (χ0v) is 15.9. The number of nitrogens with zero attached hydrogens (tertiary/aromatic N) is 3. The highest BCUT2D eigenvalue weighted by Crippen LogP contribution is 2.21. The van der Waals surface area contributed by atoms with Crippen molar-refractivity contribution in [3.8, 4) is 0 Å². The smallest absolute Gasteiger partial charge is 0.257 e. The van der Waals surface area contributed by atoms with E-state index >= 15 is 0 Å². The van der Waals surface area contributed by atoms with Crippen LogP contribution in [0.2, 0.25) is 0 Å². The molecule has 25 heavy (non-hydrogen) atoms. The predicted molar refractivity (Wildman–Crippen MR) is 101 cm³/mol. The van der Waals surface area contributed by atoms with Crippen LogP contribution < -0.4 is 10.6 Å². The number of aromatic nitrogens is 2. The molecule has 3 rings (SSSR count). The Bertz CT molecular complexity index is 749. The maximum absolute atomic E-state index is 12.1. The lowest BCUT2D eigenvalue weighted by Crippen LogP contribution is -2.26. The summed E-state index contributed by atoms with van der Waals surface area (Å²) in [6, 6.07) is 7.10. The number of carbonyl (C=O) groups is 2. The second kappa shape index (κ2) is 8.39. The van der Waals surface area contributed by atoms with E-state index in [4.69, 9.17) is 0 Å². The lowest BCUT2D eigenvalue weighted by Gasteiger charge is -2.14. The van der Waals surface area contributed by atoms with Crippen molar-refractivity contribution in [1.82, 2.24) is 15.1 Å². The number of likely N-dealkylation sites (tertiary alicyclic amines) is 1. The number of hydrogen-bond acceptors (Lipinski definition) is 6. The Balaban J connectivity index is 1.43. The first-order valence-electron chi connectivity index (χ1n) is 8.04. The fourth-order valence-electron chi connectivity index (χ4n) is 2.52. The van der Waals surface area contributed by atoms with Crippen LogP contribution in [-0.4, -0.2) is 46.5 Å². The van der Waals surface area contributed by atoms with Crippen molar-refractivity contribution in [3.63, 3.8) is 0 Å². The zero-order chi connectivity index (χ0) is 17.6. The Labute approximate surface area is 158 Å². The third-order valence-corrected chi connectivity index (χ3v) is 5.13. The first-order chi connectivity index (χ1) is 12.1. The van der Waals surface area contributed by atoms with Crippen molar-refractivity contribution < 1.29 is 9.59 Å². The summed E-state index contributed by atoms with van der Waals surface area (Å²) in [6.45, 7) is 2.33. The van der Waals surface area contributed by atoms with Gasteiger partial charge in [-0.05, 0) is 37.1 Å². The summed E-state index contributed by atoms with van der Waals surface area (Å²) in [5.41, 5.74) is 0.559. The summed E-state index contributed by atoms with van der Waals surface area (Å²) in [4.78, 5) is 25.5. The maximum atomic E-state index is 12.1. The summed E-state index contributed by atoms with van der Waals surface area (Å²) in [5.74, 6) is 0.0246. The zero-order valence-electron chi connectivity index (χ0n) is 13.5. The molecule has 1 aromatic heterocycles. The Morgan fingerprint density at radius 3 is 2.72 bits per heavy atom. The highest BCUT2D eigenvalue weighted by Gasteiger charge is 2.19. The van der Waals surface area contributed by atoms with Gasteiger partial charge in [-0.1, -0.05) is 27.3 Å². The predicted octanol–water partition coefficient (Wildman–Crippen LogP) is 2.98. The minimum absolute atomic E-state index is 0.220. The monoisotopic (exact) mass is 423 g/mol. The van der Waals surface area contributed by atoms with E-state index in [-0.39, 0.29) is 11.8 Å². The van der Waals surface area contributed by atoms with Gasteiger partial charge in [0, 0.05) is 36.1 Å². The van der Waals surface area contributed by atoms with Crippen LogP contribution in [0.3, 0.4) is 0 Å². The van der Waals surface area contributed by atoms with E-state index in [9.17, 15) is 9.59 Å². The minimum atomic E-state index is -0.220. The Morgan fingerprint density at radius 1 is 1.24 bits per heavy atom. The van der Waals surface area contributed by atoms with Gasteiger partial charge in [-0.25, -0.2) is 0 Å². The number of halogens is 1. The molecule has 2 heterocycles. The molecule has 2 amide bonds. The molecular formula is C16H18BrN5O2S. The first-order valence-corrected chi connectivity index (χ1v) is 9.65. The van der Waals surface area contributed by atoms with Crippen LogP contribution in [0.25, 0.3) is 0 Å². The number of amides is 2. The van der Waals surface area contributed by atoms with E-state index in [0.717, 1.165) is 30.4 Å². The molecule has 0 spiro atoms. The van der Waals surface area contributed by atoms with E-state index in [2.05, 4.69) is 36.8 Å². The Hall–Kier alpha value is -2.00. The maximum Gasteiger partial charge on any atom is 0.257 e. The average Bonchev–Trinajstić information content (AvgIpc) is 3.21. The van der Waals surface area contributed by atoms with Crippen LogP contribution in [0, 0.1) is 0 Å². The van der Waals surface area contributed by atoms with Gasteiger partial charge in [-0.2, -0.15) is 0 Å². The topological polar surface area (TPSA) is 87.2 Å². The number of benzene rings is 1. The molecule has 7 nitrogen and oxygen atoms in total. The molecule has 1 aliphatic rings. The van der Waals surface area contributed by atoms with Crippen molar-refractivity contribution in [2.75, 3.05) is 30.3 Å². The summed E-state index contributed by atoms with van der Waals surface area (Å²) < 4.78 is 0.919. The van der Waals surface area contributed by atoms with Crippen molar-refractivity contribution in [2.24, 2.45) is 0 Å². The van der Waals surface area contributed by atoms with Crippen molar-refractivity contribution >= 4 is 49.3 Å². The lowest BCUT2D eigenvalue weighted by molar-refractivity contribution is -0.127. The van der Waals surface area contributed by atoms with E-state index < -0.39 is 0 Å². The average molecular weight is 424 g/mol. The molecule has 2 aromatic rings. The van der Waals surface area contributed by atoms with Crippen LogP contribution in [-0.2, 0) is 4.79 Å². The second-order valence-electron chi connectivity index (χ2n) is 5.64. The first kappa shape index (κ1) is 17.8. The largest absolute Gasteiger partial charge is 0.360 e. The number of nitrogens with one attached hydrogen (secondary N) is 2. The van der Waals surface area contributed by atoms with Gasteiger partial charge < -0.3 is 10.2 Å². The molecule has 0 bridgehead atoms. The van der Waals surface area contributed by atoms with Gasteiger partial charge in [0.2, 0.25) is 16.2 Å². The molecule has 1 fully saturated rings. The SMILES string of the molecule is O=C(Nc1nnc(NCCCN2CCCC2=O)s1)c1ccc(Br)cc1. The standard InChI is InChI=1S/C16H18BrN5O2S/c17-12-6-4-11(5-7-12)14(24)19-16-21-20-15(25-16)18-8-2-10-22-9-1-3-13(22)23/h4-7H,1-3,8-10H2,(H,18,20)(H,19,21,24). The number of hydrogen-bond donors (Lipinski definition) is 2. The highest BCUT2D eigenvalue weighted by atomic mass is 79.9. The van der Waals surface area contributed by atoms with Gasteiger partial charge in [-0.15, -0.1) is 10.2 Å². The molecule has 0 aliphatic carbocycles. The van der Waals surface area contributed by atoms with Gasteiger partial charge in [0.1, 0.15) is 0 Å². The van der Waals surface area contributed by atoms with Crippen LogP contribution in [0.5, 0.6) is 0 Å². The minimum Gasteiger partial charge on any atom is -0.360 e. The van der Waals surface area contributed by atoms with Crippen LogP contribution >= 0.6 is 27.3 Å². The molecule has 2 N–H and O–H groups in total. The quantitative estimate of drug-likeness (QED) is 0.668. The van der Waals surface area contributed by atoms with Crippen molar-refractivity contribution in [2.45, 2.75) is 19.3 Å². The molecule has 132 valence electrons. The summed E-state index contributed by atoms with van der Waals surface area (Å²) in [7, 11) is 0. The van der Waals surface area contributed by atoms with Gasteiger partial charge in [0.15, 0.2) is 0 Å². The number of anilines is 2. The van der Waals surface area contributed by atoms with Crippen LogP contribution in [0.1, 0.15) is 29.6 Å². The molecule has 1 saturated heterocycles. The Morgan fingerprint density at radius 2 is 2.00 bits per heavy atom. The fraction of sp³-hybridized carbons (Fsp3) is 0.375. The number of carbonyl (C=O) groups excluding carboxylic acids is 2. The van der Waals surface area contributed by atoms with Crippen LogP contribution in [0.4, 0.5) is 10.3 Å². The van der Waals surface area contributed by atoms with Crippen molar-refractivity contribution in [3.05, 3.63) is 34.3 Å². The second-order valence-corrected chi connectivity index (χ2v) is 7.53. The van der Waals surface area contributed by atoms with Gasteiger partial charge in [0.05, 0.1) is 0 Å². The third kappa shape index (κ3) is 4.99. The molecule has 1 aromatic carbocycles. The fourth-order valence-corrected chi connectivity index (χ4v) is 3.45. The van der Waals surface area contributed by atoms with E-state index in [1.54, 1.807) is 12.1 Å². The normalized spacial score (nSPS) is 14.0. The molecule has 0 atom stereocenters. The molecule has 0 unspecified atom stereocenters. The number of rotatable bonds is 7. The van der Waals surface area contributed by atoms with Gasteiger partial charge in [-0.3, -0.25) is 14.9 Å². The highest BCUT2D eigenvalue weighted by molar-refractivity contribution is 9.10. The van der Waals surface area contributed by atoms with Gasteiger partial charge in [0.25, 0.3) is 5.91 Å². The molecule has 0 saturated carbocycles. The Kier molecular flexibility index (Phi) is 5.98. The summed E-state index contributed by atoms with van der Waals surface area (Å²) in [5, 5.41) is 15.0. The lowest BCUT2D eigenvalue weighted by atomic mass is 10.2. The van der Waals surface area contributed by atoms with E-state index in [1.165, 1.54) is 11.3 Å².